The molecule has 1 heterocycles. The second-order valence-corrected chi connectivity index (χ2v) is 7.25. The molecule has 138 valence electrons. The van der Waals surface area contributed by atoms with E-state index in [0.717, 1.165) is 11.1 Å². The molecule has 3 aromatic rings. The number of aryl methyl sites for hydroxylation is 1. The SMILES string of the molecule is Cc1ccc(NC(=O)[C@H](C)OC(=O)c2csc(-c3cccc(Cl)c3)n2)cc1. The number of hydrogen-bond donors (Lipinski definition) is 1. The Bertz CT molecular complexity index is 969. The van der Waals surface area contributed by atoms with Crippen molar-refractivity contribution in [1.29, 1.82) is 0 Å². The van der Waals surface area contributed by atoms with Crippen molar-refractivity contribution in [3.63, 3.8) is 0 Å². The summed E-state index contributed by atoms with van der Waals surface area (Å²) in [4.78, 5) is 28.8. The number of carbonyl (C=O) groups is 2. The number of aromatic nitrogens is 1. The van der Waals surface area contributed by atoms with Gasteiger partial charge in [0.25, 0.3) is 5.91 Å². The normalized spacial score (nSPS) is 11.7. The lowest BCUT2D eigenvalue weighted by Crippen LogP contribution is -2.30. The van der Waals surface area contributed by atoms with Gasteiger partial charge in [0.2, 0.25) is 0 Å². The van der Waals surface area contributed by atoms with E-state index in [1.54, 1.807) is 29.6 Å². The largest absolute Gasteiger partial charge is 0.448 e. The van der Waals surface area contributed by atoms with E-state index in [0.29, 0.717) is 15.7 Å². The van der Waals surface area contributed by atoms with Crippen molar-refractivity contribution in [2.24, 2.45) is 0 Å². The summed E-state index contributed by atoms with van der Waals surface area (Å²) in [7, 11) is 0. The smallest absolute Gasteiger partial charge is 0.358 e. The highest BCUT2D eigenvalue weighted by molar-refractivity contribution is 7.13. The second-order valence-electron chi connectivity index (χ2n) is 5.95. The number of thiazole rings is 1. The van der Waals surface area contributed by atoms with Gasteiger partial charge < -0.3 is 10.1 Å². The fourth-order valence-electron chi connectivity index (χ4n) is 2.28. The van der Waals surface area contributed by atoms with Gasteiger partial charge in [-0.15, -0.1) is 11.3 Å². The zero-order chi connectivity index (χ0) is 19.4. The highest BCUT2D eigenvalue weighted by atomic mass is 35.5. The number of esters is 1. The molecule has 0 aliphatic rings. The van der Waals surface area contributed by atoms with Crippen molar-refractivity contribution in [3.05, 3.63) is 70.2 Å². The van der Waals surface area contributed by atoms with Crippen molar-refractivity contribution in [1.82, 2.24) is 4.98 Å². The van der Waals surface area contributed by atoms with Crippen LogP contribution in [0.4, 0.5) is 5.69 Å². The lowest BCUT2D eigenvalue weighted by atomic mass is 10.2. The average Bonchev–Trinajstić information content (AvgIpc) is 3.14. The van der Waals surface area contributed by atoms with Crippen LogP contribution in [0.5, 0.6) is 0 Å². The highest BCUT2D eigenvalue weighted by Gasteiger charge is 2.21. The van der Waals surface area contributed by atoms with Gasteiger partial charge >= 0.3 is 5.97 Å². The van der Waals surface area contributed by atoms with Gasteiger partial charge in [-0.1, -0.05) is 41.4 Å². The first-order valence-electron chi connectivity index (χ1n) is 8.22. The van der Waals surface area contributed by atoms with Gasteiger partial charge in [-0.2, -0.15) is 0 Å². The summed E-state index contributed by atoms with van der Waals surface area (Å²) in [6, 6.07) is 14.6. The van der Waals surface area contributed by atoms with Gasteiger partial charge in [0, 0.05) is 21.7 Å². The van der Waals surface area contributed by atoms with Crippen molar-refractivity contribution in [2.45, 2.75) is 20.0 Å². The van der Waals surface area contributed by atoms with Crippen LogP contribution in [0, 0.1) is 6.92 Å². The van der Waals surface area contributed by atoms with Crippen molar-refractivity contribution >= 4 is 40.5 Å². The molecule has 0 bridgehead atoms. The van der Waals surface area contributed by atoms with E-state index in [1.165, 1.54) is 18.3 Å². The average molecular weight is 401 g/mol. The number of nitrogens with one attached hydrogen (secondary N) is 1. The molecule has 0 fully saturated rings. The number of rotatable bonds is 5. The molecule has 0 unspecified atom stereocenters. The van der Waals surface area contributed by atoms with Gasteiger partial charge in [0.1, 0.15) is 5.01 Å². The van der Waals surface area contributed by atoms with E-state index in [2.05, 4.69) is 10.3 Å². The summed E-state index contributed by atoms with van der Waals surface area (Å²) in [6.45, 7) is 3.48. The zero-order valence-electron chi connectivity index (χ0n) is 14.7. The number of carbonyl (C=O) groups excluding carboxylic acids is 2. The summed E-state index contributed by atoms with van der Waals surface area (Å²) >= 11 is 7.29. The van der Waals surface area contributed by atoms with Gasteiger partial charge in [-0.25, -0.2) is 9.78 Å². The number of halogens is 1. The minimum absolute atomic E-state index is 0.157. The Hall–Kier alpha value is -2.70. The van der Waals surface area contributed by atoms with Gasteiger partial charge in [-0.3, -0.25) is 4.79 Å². The molecule has 1 amide bonds. The third-order valence-corrected chi connectivity index (χ3v) is 4.88. The molecular weight excluding hydrogens is 384 g/mol. The molecule has 0 aliphatic heterocycles. The number of benzene rings is 2. The summed E-state index contributed by atoms with van der Waals surface area (Å²) in [5, 5.41) is 5.56. The summed E-state index contributed by atoms with van der Waals surface area (Å²) in [5.41, 5.74) is 2.71. The standard InChI is InChI=1S/C20H17ClN2O3S/c1-12-6-8-16(9-7-12)22-18(24)13(2)26-20(25)17-11-27-19(23-17)14-4-3-5-15(21)10-14/h3-11,13H,1-2H3,(H,22,24)/t13-/m0/s1. The minimum Gasteiger partial charge on any atom is -0.448 e. The Balaban J connectivity index is 1.62. The number of amides is 1. The van der Waals surface area contributed by atoms with Gasteiger partial charge in [-0.05, 0) is 38.1 Å². The van der Waals surface area contributed by atoms with E-state index >= 15 is 0 Å². The number of hydrogen-bond acceptors (Lipinski definition) is 5. The van der Waals surface area contributed by atoms with Crippen LogP contribution in [0.15, 0.2) is 53.9 Å². The first-order chi connectivity index (χ1) is 12.9. The quantitative estimate of drug-likeness (QED) is 0.615. The maximum absolute atomic E-state index is 12.3. The van der Waals surface area contributed by atoms with Crippen molar-refractivity contribution in [2.75, 3.05) is 5.32 Å². The predicted octanol–water partition coefficient (Wildman–Crippen LogP) is 4.96. The second kappa shape index (κ2) is 8.33. The first kappa shape index (κ1) is 19.1. The van der Waals surface area contributed by atoms with E-state index < -0.39 is 18.0 Å². The molecule has 5 nitrogen and oxygen atoms in total. The molecule has 3 rings (SSSR count). The number of ether oxygens (including phenoxy) is 1. The fraction of sp³-hybridized carbons (Fsp3) is 0.150. The predicted molar refractivity (Wildman–Crippen MR) is 107 cm³/mol. The molecule has 1 N–H and O–H groups in total. The first-order valence-corrected chi connectivity index (χ1v) is 9.48. The maximum atomic E-state index is 12.3. The fourth-order valence-corrected chi connectivity index (χ4v) is 3.25. The monoisotopic (exact) mass is 400 g/mol. The molecule has 1 aromatic heterocycles. The van der Waals surface area contributed by atoms with Crippen molar-refractivity contribution in [3.8, 4) is 10.6 Å². The molecule has 0 saturated heterocycles. The minimum atomic E-state index is -0.949. The lowest BCUT2D eigenvalue weighted by molar-refractivity contribution is -0.123. The Morgan fingerprint density at radius 1 is 1.19 bits per heavy atom. The van der Waals surface area contributed by atoms with Crippen LogP contribution >= 0.6 is 22.9 Å². The summed E-state index contributed by atoms with van der Waals surface area (Å²) < 4.78 is 5.23. The van der Waals surface area contributed by atoms with E-state index in [4.69, 9.17) is 16.3 Å². The zero-order valence-corrected chi connectivity index (χ0v) is 16.3. The molecule has 0 saturated carbocycles. The number of nitrogens with zero attached hydrogens (tertiary/aromatic N) is 1. The Kier molecular flexibility index (Phi) is 5.88. The Morgan fingerprint density at radius 3 is 2.63 bits per heavy atom. The van der Waals surface area contributed by atoms with Crippen LogP contribution in [0.2, 0.25) is 5.02 Å². The summed E-state index contributed by atoms with van der Waals surface area (Å²) in [6.07, 6.45) is -0.949. The topological polar surface area (TPSA) is 68.3 Å². The Morgan fingerprint density at radius 2 is 1.93 bits per heavy atom. The van der Waals surface area contributed by atoms with Gasteiger partial charge in [0.05, 0.1) is 0 Å². The molecule has 0 aliphatic carbocycles. The molecule has 27 heavy (non-hydrogen) atoms. The molecule has 0 spiro atoms. The van der Waals surface area contributed by atoms with Crippen LogP contribution in [-0.2, 0) is 9.53 Å². The molecule has 2 aromatic carbocycles. The third kappa shape index (κ3) is 4.93. The van der Waals surface area contributed by atoms with E-state index in [9.17, 15) is 9.59 Å². The van der Waals surface area contributed by atoms with Crippen LogP contribution < -0.4 is 5.32 Å². The van der Waals surface area contributed by atoms with Crippen LogP contribution in [0.1, 0.15) is 23.0 Å². The van der Waals surface area contributed by atoms with Gasteiger partial charge in [0.15, 0.2) is 11.8 Å². The summed E-state index contributed by atoms with van der Waals surface area (Å²) in [5.74, 6) is -1.05. The molecule has 1 atom stereocenters. The molecule has 0 radical (unpaired) electrons. The molecule has 7 heteroatoms. The van der Waals surface area contributed by atoms with E-state index in [1.807, 2.05) is 31.2 Å². The lowest BCUT2D eigenvalue weighted by Gasteiger charge is -2.12. The Labute approximate surface area is 166 Å². The number of anilines is 1. The van der Waals surface area contributed by atoms with Crippen LogP contribution in [0.25, 0.3) is 10.6 Å². The highest BCUT2D eigenvalue weighted by Crippen LogP contribution is 2.26. The van der Waals surface area contributed by atoms with Crippen LogP contribution in [-0.4, -0.2) is 23.0 Å². The third-order valence-electron chi connectivity index (χ3n) is 3.76. The maximum Gasteiger partial charge on any atom is 0.358 e. The van der Waals surface area contributed by atoms with Crippen molar-refractivity contribution < 1.29 is 14.3 Å². The van der Waals surface area contributed by atoms with E-state index in [-0.39, 0.29) is 5.69 Å². The van der Waals surface area contributed by atoms with Crippen LogP contribution in [0.3, 0.4) is 0 Å². The molecular formula is C20H17ClN2O3S.